The molecule has 2 amide bonds. The van der Waals surface area contributed by atoms with E-state index in [9.17, 15) is 18.0 Å². The molecule has 1 N–H and O–H groups in total. The number of hydrogen-bond acceptors (Lipinski definition) is 4. The number of hydrogen-bond donors (Lipinski definition) is 1. The first kappa shape index (κ1) is 32.7. The highest BCUT2D eigenvalue weighted by Gasteiger charge is 2.34. The fraction of sp³-hybridized carbons (Fsp3) is 0.333. The molecule has 0 heterocycles. The molecule has 7 nitrogen and oxygen atoms in total. The van der Waals surface area contributed by atoms with Crippen molar-refractivity contribution in [2.45, 2.75) is 52.1 Å². The van der Waals surface area contributed by atoms with E-state index in [1.807, 2.05) is 20.8 Å². The molecule has 0 aliphatic rings. The van der Waals surface area contributed by atoms with E-state index < -0.39 is 28.5 Å². The van der Waals surface area contributed by atoms with Crippen LogP contribution in [-0.4, -0.2) is 44.3 Å². The molecule has 0 unspecified atom stereocenters. The van der Waals surface area contributed by atoms with Gasteiger partial charge in [0.05, 0.1) is 10.6 Å². The zero-order chi connectivity index (χ0) is 30.5. The molecule has 3 aromatic rings. The van der Waals surface area contributed by atoms with Gasteiger partial charge >= 0.3 is 0 Å². The predicted octanol–water partition coefficient (Wildman–Crippen LogP) is 6.65. The Hall–Kier alpha value is -2.78. The van der Waals surface area contributed by atoms with E-state index in [-0.39, 0.29) is 29.0 Å². The van der Waals surface area contributed by atoms with Crippen molar-refractivity contribution in [3.63, 3.8) is 0 Å². The molecule has 0 radical (unpaired) electrons. The number of anilines is 1. The Balaban J connectivity index is 2.10. The molecule has 0 aliphatic heterocycles. The van der Waals surface area contributed by atoms with Crippen LogP contribution in [0.3, 0.4) is 0 Å². The van der Waals surface area contributed by atoms with Gasteiger partial charge in [-0.25, -0.2) is 8.42 Å². The summed E-state index contributed by atoms with van der Waals surface area (Å²) >= 11 is 19.2. The molecule has 0 bridgehead atoms. The molecule has 0 spiro atoms. The molecular weight excluding hydrogens is 605 g/mol. The van der Waals surface area contributed by atoms with Crippen LogP contribution in [0.4, 0.5) is 5.69 Å². The molecule has 3 aromatic carbocycles. The lowest BCUT2D eigenvalue weighted by Crippen LogP contribution is -2.51. The van der Waals surface area contributed by atoms with Crippen molar-refractivity contribution >= 4 is 62.3 Å². The highest BCUT2D eigenvalue weighted by molar-refractivity contribution is 7.92. The highest BCUT2D eigenvalue weighted by atomic mass is 35.5. The maximum absolute atomic E-state index is 14.1. The van der Waals surface area contributed by atoms with Crippen molar-refractivity contribution in [1.29, 1.82) is 0 Å². The molecule has 220 valence electrons. The van der Waals surface area contributed by atoms with E-state index in [2.05, 4.69) is 5.32 Å². The van der Waals surface area contributed by atoms with Gasteiger partial charge in [0.15, 0.2) is 0 Å². The van der Waals surface area contributed by atoms with E-state index >= 15 is 0 Å². The van der Waals surface area contributed by atoms with Crippen LogP contribution in [0.5, 0.6) is 0 Å². The first-order chi connectivity index (χ1) is 19.2. The van der Waals surface area contributed by atoms with Gasteiger partial charge < -0.3 is 10.2 Å². The SMILES string of the molecule is Cc1ccc(S(=O)(=O)N(CC(=O)N(Cc2c(Cl)cccc2Cl)[C@H](C)C(=O)NCC(C)C)c2cccc(Cl)c2C)cc1. The number of nitrogens with one attached hydrogen (secondary N) is 1. The minimum atomic E-state index is -4.22. The lowest BCUT2D eigenvalue weighted by atomic mass is 10.1. The summed E-state index contributed by atoms with van der Waals surface area (Å²) < 4.78 is 29.0. The Kier molecular flexibility index (Phi) is 11.1. The largest absolute Gasteiger partial charge is 0.354 e. The number of sulfonamides is 1. The molecule has 0 saturated heterocycles. The van der Waals surface area contributed by atoms with Crippen LogP contribution in [0.1, 0.15) is 37.5 Å². The van der Waals surface area contributed by atoms with Gasteiger partial charge in [-0.1, -0.05) is 78.5 Å². The van der Waals surface area contributed by atoms with Gasteiger partial charge in [-0.15, -0.1) is 0 Å². The zero-order valence-electron chi connectivity index (χ0n) is 23.6. The van der Waals surface area contributed by atoms with Gasteiger partial charge in [0, 0.05) is 33.7 Å². The van der Waals surface area contributed by atoms with Crippen LogP contribution in [0, 0.1) is 19.8 Å². The summed E-state index contributed by atoms with van der Waals surface area (Å²) in [4.78, 5) is 28.5. The number of halogens is 3. The summed E-state index contributed by atoms with van der Waals surface area (Å²) in [7, 11) is -4.22. The van der Waals surface area contributed by atoms with Gasteiger partial charge in [0.25, 0.3) is 10.0 Å². The average Bonchev–Trinajstić information content (AvgIpc) is 2.91. The summed E-state index contributed by atoms with van der Waals surface area (Å²) in [5, 5.41) is 3.83. The van der Waals surface area contributed by atoms with Crippen LogP contribution in [-0.2, 0) is 26.2 Å². The Morgan fingerprint density at radius 1 is 0.854 bits per heavy atom. The standard InChI is InChI=1S/C30H34Cl3N3O4S/c1-19(2)16-34-30(38)22(5)35(17-24-26(32)9-6-10-27(24)33)29(37)18-36(28-11-7-8-25(31)21(28)4)41(39,40)23-14-12-20(3)13-15-23/h6-15,19,22H,16-18H2,1-5H3,(H,34,38)/t22-/m1/s1. The Labute approximate surface area is 257 Å². The molecule has 0 aromatic heterocycles. The number of benzene rings is 3. The summed E-state index contributed by atoms with van der Waals surface area (Å²) in [6, 6.07) is 15.2. The van der Waals surface area contributed by atoms with E-state index in [1.165, 1.54) is 17.0 Å². The second kappa shape index (κ2) is 13.9. The smallest absolute Gasteiger partial charge is 0.264 e. The molecule has 41 heavy (non-hydrogen) atoms. The van der Waals surface area contributed by atoms with Crippen molar-refractivity contribution in [3.05, 3.63) is 92.4 Å². The molecule has 11 heteroatoms. The van der Waals surface area contributed by atoms with Gasteiger partial charge in [0.2, 0.25) is 11.8 Å². The van der Waals surface area contributed by atoms with Gasteiger partial charge in [-0.05, 0) is 68.7 Å². The minimum absolute atomic E-state index is 0.0127. The maximum Gasteiger partial charge on any atom is 0.264 e. The van der Waals surface area contributed by atoms with Crippen LogP contribution in [0.2, 0.25) is 15.1 Å². The Bertz CT molecular complexity index is 1490. The molecule has 3 rings (SSSR count). The highest BCUT2D eigenvalue weighted by Crippen LogP contribution is 2.32. The van der Waals surface area contributed by atoms with Crippen LogP contribution < -0.4 is 9.62 Å². The molecule has 0 saturated carbocycles. The maximum atomic E-state index is 14.1. The van der Waals surface area contributed by atoms with Gasteiger partial charge in [-0.3, -0.25) is 13.9 Å². The average molecular weight is 639 g/mol. The summed E-state index contributed by atoms with van der Waals surface area (Å²) in [6.07, 6.45) is 0. The van der Waals surface area contributed by atoms with E-state index in [0.29, 0.717) is 32.7 Å². The monoisotopic (exact) mass is 637 g/mol. The fourth-order valence-corrected chi connectivity index (χ4v) is 6.26. The fourth-order valence-electron chi connectivity index (χ4n) is 4.11. The van der Waals surface area contributed by atoms with E-state index in [4.69, 9.17) is 34.8 Å². The number of amides is 2. The van der Waals surface area contributed by atoms with Crippen LogP contribution in [0.25, 0.3) is 0 Å². The Morgan fingerprint density at radius 3 is 2.00 bits per heavy atom. The minimum Gasteiger partial charge on any atom is -0.354 e. The second-order valence-corrected chi connectivity index (χ2v) is 13.3. The van der Waals surface area contributed by atoms with E-state index in [0.717, 1.165) is 9.87 Å². The number of aryl methyl sites for hydroxylation is 1. The summed E-state index contributed by atoms with van der Waals surface area (Å²) in [5.41, 5.74) is 2.06. The molecular formula is C30H34Cl3N3O4S. The third-order valence-electron chi connectivity index (χ3n) is 6.64. The molecule has 0 aliphatic carbocycles. The third kappa shape index (κ3) is 7.95. The van der Waals surface area contributed by atoms with E-state index in [1.54, 1.807) is 62.4 Å². The van der Waals surface area contributed by atoms with Crippen LogP contribution in [0.15, 0.2) is 65.6 Å². The van der Waals surface area contributed by atoms with Gasteiger partial charge in [-0.2, -0.15) is 0 Å². The van der Waals surface area contributed by atoms with Crippen molar-refractivity contribution < 1.29 is 18.0 Å². The third-order valence-corrected chi connectivity index (χ3v) is 9.53. The second-order valence-electron chi connectivity index (χ2n) is 10.2. The first-order valence-electron chi connectivity index (χ1n) is 13.1. The zero-order valence-corrected chi connectivity index (χ0v) is 26.7. The number of carbonyl (C=O) groups is 2. The lowest BCUT2D eigenvalue weighted by molar-refractivity contribution is -0.139. The first-order valence-corrected chi connectivity index (χ1v) is 15.7. The molecule has 0 fully saturated rings. The molecule has 1 atom stereocenters. The summed E-state index contributed by atoms with van der Waals surface area (Å²) in [5.74, 6) is -0.820. The van der Waals surface area contributed by atoms with Crippen molar-refractivity contribution in [2.75, 3.05) is 17.4 Å². The normalized spacial score (nSPS) is 12.2. The number of carbonyl (C=O) groups excluding carboxylic acids is 2. The van der Waals surface area contributed by atoms with Crippen LogP contribution >= 0.6 is 34.8 Å². The topological polar surface area (TPSA) is 86.8 Å². The Morgan fingerprint density at radius 2 is 1.41 bits per heavy atom. The number of rotatable bonds is 11. The number of nitrogens with zero attached hydrogens (tertiary/aromatic N) is 2. The quantitative estimate of drug-likeness (QED) is 0.255. The van der Waals surface area contributed by atoms with Crippen molar-refractivity contribution in [2.24, 2.45) is 5.92 Å². The van der Waals surface area contributed by atoms with Gasteiger partial charge in [0.1, 0.15) is 12.6 Å². The lowest BCUT2D eigenvalue weighted by Gasteiger charge is -2.33. The summed E-state index contributed by atoms with van der Waals surface area (Å²) in [6.45, 7) is 8.74. The predicted molar refractivity (Wildman–Crippen MR) is 166 cm³/mol. The van der Waals surface area contributed by atoms with Crippen molar-refractivity contribution in [1.82, 2.24) is 10.2 Å². The van der Waals surface area contributed by atoms with Crippen molar-refractivity contribution in [3.8, 4) is 0 Å².